The Morgan fingerprint density at radius 2 is 1.83 bits per heavy atom. The Morgan fingerprint density at radius 1 is 1.14 bits per heavy atom. The number of hydrogen-bond acceptors (Lipinski definition) is 5. The Hall–Kier alpha value is -2.57. The monoisotopic (exact) mass is 397 g/mol. The summed E-state index contributed by atoms with van der Waals surface area (Å²) >= 11 is 0. The van der Waals surface area contributed by atoms with Crippen molar-refractivity contribution in [3.8, 4) is 5.75 Å². The first-order valence-corrected chi connectivity index (χ1v) is 10.1. The molecule has 1 heterocycles. The molecule has 0 spiro atoms. The number of para-hydroxylation sites is 1. The molecule has 1 fully saturated rings. The molecule has 0 bridgehead atoms. The van der Waals surface area contributed by atoms with Crippen LogP contribution in [-0.2, 0) is 9.53 Å². The number of ether oxygens (including phenoxy) is 2. The summed E-state index contributed by atoms with van der Waals surface area (Å²) < 4.78 is 11.2. The third-order valence-corrected chi connectivity index (χ3v) is 5.23. The lowest BCUT2D eigenvalue weighted by Gasteiger charge is -2.35. The highest BCUT2D eigenvalue weighted by molar-refractivity contribution is 5.77. The number of carbonyl (C=O) groups excluding carboxylic acids is 1. The van der Waals surface area contributed by atoms with Gasteiger partial charge in [0.2, 0.25) is 0 Å². The first kappa shape index (κ1) is 21.1. The fourth-order valence-corrected chi connectivity index (χ4v) is 3.46. The fraction of sp³-hybridized carbons (Fsp3) is 0.435. The maximum atomic E-state index is 12.4. The number of nitrogens with one attached hydrogen (secondary N) is 1. The van der Waals surface area contributed by atoms with Crippen molar-refractivity contribution in [3.05, 3.63) is 59.7 Å². The first-order valence-electron chi connectivity index (χ1n) is 10.1. The van der Waals surface area contributed by atoms with E-state index < -0.39 is 0 Å². The Labute approximate surface area is 173 Å². The van der Waals surface area contributed by atoms with Gasteiger partial charge in [0.25, 0.3) is 5.91 Å². The Balaban J connectivity index is 1.62. The molecule has 1 aliphatic rings. The highest BCUT2D eigenvalue weighted by atomic mass is 16.5. The van der Waals surface area contributed by atoms with Crippen LogP contribution >= 0.6 is 0 Å². The van der Waals surface area contributed by atoms with Crippen molar-refractivity contribution >= 4 is 11.6 Å². The molecule has 0 saturated carbocycles. The molecule has 1 aliphatic heterocycles. The van der Waals surface area contributed by atoms with E-state index in [9.17, 15) is 4.79 Å². The highest BCUT2D eigenvalue weighted by Gasteiger charge is 2.23. The van der Waals surface area contributed by atoms with Crippen LogP contribution in [0, 0.1) is 6.92 Å². The van der Waals surface area contributed by atoms with E-state index in [0.717, 1.165) is 43.3 Å². The van der Waals surface area contributed by atoms with Crippen molar-refractivity contribution in [2.45, 2.75) is 13.0 Å². The fourth-order valence-electron chi connectivity index (χ4n) is 3.46. The van der Waals surface area contributed by atoms with Crippen molar-refractivity contribution in [1.29, 1.82) is 0 Å². The normalized spacial score (nSPS) is 15.6. The number of anilines is 1. The van der Waals surface area contributed by atoms with Gasteiger partial charge in [-0.1, -0.05) is 30.3 Å². The van der Waals surface area contributed by atoms with Gasteiger partial charge in [0, 0.05) is 39.4 Å². The molecule has 1 unspecified atom stereocenters. The van der Waals surface area contributed by atoms with E-state index in [-0.39, 0.29) is 18.6 Å². The van der Waals surface area contributed by atoms with Gasteiger partial charge in [-0.05, 0) is 36.2 Å². The third kappa shape index (κ3) is 5.95. The Kier molecular flexibility index (Phi) is 7.49. The molecular formula is C23H31N3O3. The summed E-state index contributed by atoms with van der Waals surface area (Å²) in [5.41, 5.74) is 3.37. The number of benzene rings is 2. The van der Waals surface area contributed by atoms with E-state index in [1.54, 1.807) is 0 Å². The molecule has 6 nitrogen and oxygen atoms in total. The second-order valence-corrected chi connectivity index (χ2v) is 7.51. The van der Waals surface area contributed by atoms with Crippen molar-refractivity contribution in [2.75, 3.05) is 58.5 Å². The number of nitrogens with zero attached hydrogens (tertiary/aromatic N) is 2. The van der Waals surface area contributed by atoms with Crippen LogP contribution in [0.3, 0.4) is 0 Å². The average molecular weight is 398 g/mol. The predicted octanol–water partition coefficient (Wildman–Crippen LogP) is 2.63. The minimum Gasteiger partial charge on any atom is -0.484 e. The smallest absolute Gasteiger partial charge is 0.258 e. The van der Waals surface area contributed by atoms with Crippen LogP contribution in [0.2, 0.25) is 0 Å². The molecule has 2 aromatic rings. The zero-order valence-electron chi connectivity index (χ0n) is 17.6. The van der Waals surface area contributed by atoms with Crippen LogP contribution in [0.1, 0.15) is 17.2 Å². The molecule has 1 N–H and O–H groups in total. The largest absolute Gasteiger partial charge is 0.484 e. The van der Waals surface area contributed by atoms with E-state index in [2.05, 4.69) is 39.4 Å². The number of carbonyl (C=O) groups is 1. The third-order valence-electron chi connectivity index (χ3n) is 5.23. The Bertz CT molecular complexity index is 786. The molecule has 1 amide bonds. The zero-order chi connectivity index (χ0) is 20.6. The molecule has 3 rings (SSSR count). The second-order valence-electron chi connectivity index (χ2n) is 7.51. The van der Waals surface area contributed by atoms with E-state index in [1.807, 2.05) is 45.3 Å². The molecule has 0 radical (unpaired) electrons. The Morgan fingerprint density at radius 3 is 2.48 bits per heavy atom. The molecule has 0 aliphatic carbocycles. The zero-order valence-corrected chi connectivity index (χ0v) is 17.6. The number of morpholine rings is 1. The first-order chi connectivity index (χ1) is 14.0. The van der Waals surface area contributed by atoms with Gasteiger partial charge in [0.15, 0.2) is 6.61 Å². The van der Waals surface area contributed by atoms with Crippen LogP contribution < -0.4 is 15.0 Å². The van der Waals surface area contributed by atoms with Crippen LogP contribution in [0.25, 0.3) is 0 Å². The van der Waals surface area contributed by atoms with E-state index in [0.29, 0.717) is 6.54 Å². The minimum atomic E-state index is -0.114. The van der Waals surface area contributed by atoms with Crippen LogP contribution in [0.4, 0.5) is 5.69 Å². The van der Waals surface area contributed by atoms with Gasteiger partial charge in [0.05, 0.1) is 19.3 Å². The van der Waals surface area contributed by atoms with E-state index >= 15 is 0 Å². The van der Waals surface area contributed by atoms with Crippen molar-refractivity contribution < 1.29 is 14.3 Å². The van der Waals surface area contributed by atoms with E-state index in [1.165, 1.54) is 5.56 Å². The molecule has 2 aromatic carbocycles. The molecule has 1 saturated heterocycles. The number of aryl methyl sites for hydroxylation is 1. The van der Waals surface area contributed by atoms with Gasteiger partial charge in [0.1, 0.15) is 5.75 Å². The topological polar surface area (TPSA) is 54.0 Å². The maximum absolute atomic E-state index is 12.4. The van der Waals surface area contributed by atoms with Crippen LogP contribution in [0.15, 0.2) is 48.5 Å². The highest BCUT2D eigenvalue weighted by Crippen LogP contribution is 2.24. The van der Waals surface area contributed by atoms with Gasteiger partial charge in [-0.3, -0.25) is 9.69 Å². The summed E-state index contributed by atoms with van der Waals surface area (Å²) in [6, 6.07) is 16.3. The van der Waals surface area contributed by atoms with Crippen LogP contribution in [-0.4, -0.2) is 64.4 Å². The number of rotatable bonds is 8. The van der Waals surface area contributed by atoms with Crippen LogP contribution in [0.5, 0.6) is 5.75 Å². The number of hydrogen-bond donors (Lipinski definition) is 1. The summed E-state index contributed by atoms with van der Waals surface area (Å²) in [7, 11) is 4.06. The van der Waals surface area contributed by atoms with Crippen molar-refractivity contribution in [2.24, 2.45) is 0 Å². The summed E-state index contributed by atoms with van der Waals surface area (Å²) in [6.45, 7) is 5.68. The maximum Gasteiger partial charge on any atom is 0.258 e. The van der Waals surface area contributed by atoms with Gasteiger partial charge >= 0.3 is 0 Å². The van der Waals surface area contributed by atoms with Crippen molar-refractivity contribution in [1.82, 2.24) is 10.2 Å². The molecule has 29 heavy (non-hydrogen) atoms. The lowest BCUT2D eigenvalue weighted by molar-refractivity contribution is -0.123. The lowest BCUT2D eigenvalue weighted by atomic mass is 10.0. The quantitative estimate of drug-likeness (QED) is 0.742. The SMILES string of the molecule is Cc1ccccc1OCC(=O)NCC(c1ccc(N(C)C)cc1)N1CCOCC1. The minimum absolute atomic E-state index is 0.0141. The summed E-state index contributed by atoms with van der Waals surface area (Å²) in [5, 5.41) is 3.05. The second kappa shape index (κ2) is 10.3. The molecule has 0 aromatic heterocycles. The van der Waals surface area contributed by atoms with Gasteiger partial charge < -0.3 is 19.7 Å². The summed E-state index contributed by atoms with van der Waals surface area (Å²) in [5.74, 6) is 0.628. The molecular weight excluding hydrogens is 366 g/mol. The molecule has 1 atom stereocenters. The average Bonchev–Trinajstić information content (AvgIpc) is 2.74. The van der Waals surface area contributed by atoms with Gasteiger partial charge in [-0.15, -0.1) is 0 Å². The molecule has 156 valence electrons. The standard InChI is InChI=1S/C23H31N3O3/c1-18-6-4-5-7-22(18)29-17-23(27)24-16-21(26-12-14-28-15-13-26)19-8-10-20(11-9-19)25(2)3/h4-11,21H,12-17H2,1-3H3,(H,24,27). The summed E-state index contributed by atoms with van der Waals surface area (Å²) in [4.78, 5) is 16.9. The number of amides is 1. The van der Waals surface area contributed by atoms with Gasteiger partial charge in [-0.25, -0.2) is 0 Å². The summed E-state index contributed by atoms with van der Waals surface area (Å²) in [6.07, 6.45) is 0. The predicted molar refractivity (Wildman–Crippen MR) is 116 cm³/mol. The van der Waals surface area contributed by atoms with Crippen molar-refractivity contribution in [3.63, 3.8) is 0 Å². The molecule has 6 heteroatoms. The van der Waals surface area contributed by atoms with E-state index in [4.69, 9.17) is 9.47 Å². The lowest BCUT2D eigenvalue weighted by Crippen LogP contribution is -2.44. The van der Waals surface area contributed by atoms with Gasteiger partial charge in [-0.2, -0.15) is 0 Å².